The van der Waals surface area contributed by atoms with Crippen molar-refractivity contribution in [2.45, 2.75) is 51.6 Å². The smallest absolute Gasteiger partial charge is 0.0409 e. The molecule has 0 radical (unpaired) electrons. The van der Waals surface area contributed by atoms with Gasteiger partial charge in [-0.3, -0.25) is 0 Å². The van der Waals surface area contributed by atoms with Crippen molar-refractivity contribution in [3.05, 3.63) is 12.3 Å². The summed E-state index contributed by atoms with van der Waals surface area (Å²) in [5.74, 6) is 0.508. The van der Waals surface area contributed by atoms with E-state index in [1.54, 1.807) is 0 Å². The molecule has 76 valence electrons. The van der Waals surface area contributed by atoms with Crippen molar-refractivity contribution in [1.82, 2.24) is 5.32 Å². The van der Waals surface area contributed by atoms with Gasteiger partial charge in [-0.25, -0.2) is 0 Å². The van der Waals surface area contributed by atoms with Crippen molar-refractivity contribution in [2.24, 2.45) is 11.7 Å². The monoisotopic (exact) mass is 182 g/mol. The number of allylic oxidation sites excluding steroid dienone is 1. The zero-order valence-corrected chi connectivity index (χ0v) is 8.84. The third-order valence-corrected chi connectivity index (χ3v) is 2.89. The van der Waals surface area contributed by atoms with Gasteiger partial charge in [-0.2, -0.15) is 0 Å². The second kappa shape index (κ2) is 4.66. The maximum Gasteiger partial charge on any atom is 0.0409 e. The van der Waals surface area contributed by atoms with Gasteiger partial charge in [0.15, 0.2) is 0 Å². The number of hydrogen-bond donors (Lipinski definition) is 2. The maximum absolute atomic E-state index is 6.02. The average molecular weight is 182 g/mol. The molecule has 1 fully saturated rings. The van der Waals surface area contributed by atoms with E-state index in [4.69, 9.17) is 5.73 Å². The van der Waals surface area contributed by atoms with Gasteiger partial charge in [-0.15, -0.1) is 0 Å². The summed E-state index contributed by atoms with van der Waals surface area (Å²) in [4.78, 5) is 0. The molecule has 0 bridgehead atoms. The molecule has 1 unspecified atom stereocenters. The Hall–Kier alpha value is -0.500. The van der Waals surface area contributed by atoms with E-state index in [1.807, 2.05) is 0 Å². The molecule has 0 heterocycles. The molecule has 0 amide bonds. The van der Waals surface area contributed by atoms with Gasteiger partial charge in [0, 0.05) is 17.8 Å². The van der Waals surface area contributed by atoms with Crippen LogP contribution >= 0.6 is 0 Å². The summed E-state index contributed by atoms with van der Waals surface area (Å²) in [5, 5.41) is 3.45. The van der Waals surface area contributed by atoms with Crippen LogP contribution in [-0.2, 0) is 0 Å². The van der Waals surface area contributed by atoms with E-state index in [0.717, 1.165) is 12.1 Å². The van der Waals surface area contributed by atoms with Crippen LogP contribution in [0.4, 0.5) is 0 Å². The fraction of sp³-hybridized carbons (Fsp3) is 0.818. The van der Waals surface area contributed by atoms with Crippen LogP contribution in [0.1, 0.15) is 39.5 Å². The van der Waals surface area contributed by atoms with Crippen LogP contribution in [0.15, 0.2) is 12.3 Å². The Labute approximate surface area is 81.6 Å². The maximum atomic E-state index is 6.02. The zero-order valence-electron chi connectivity index (χ0n) is 8.84. The summed E-state index contributed by atoms with van der Waals surface area (Å²) >= 11 is 0. The molecular formula is C11H22N2. The molecule has 3 N–H and O–H groups in total. The number of nitrogens with two attached hydrogens (primary N) is 1. The first-order valence-electron chi connectivity index (χ1n) is 5.32. The van der Waals surface area contributed by atoms with E-state index >= 15 is 0 Å². The Bertz CT molecular complexity index is 175. The van der Waals surface area contributed by atoms with Crippen LogP contribution in [0, 0.1) is 5.92 Å². The van der Waals surface area contributed by atoms with Crippen LogP contribution in [0.25, 0.3) is 0 Å². The highest BCUT2D eigenvalue weighted by Gasteiger charge is 2.21. The first-order valence-corrected chi connectivity index (χ1v) is 5.32. The zero-order chi connectivity index (χ0) is 9.84. The summed E-state index contributed by atoms with van der Waals surface area (Å²) in [6, 6.07) is 0.785. The topological polar surface area (TPSA) is 38.0 Å². The molecule has 1 rings (SSSR count). The van der Waals surface area contributed by atoms with Crippen molar-refractivity contribution in [1.29, 1.82) is 0 Å². The van der Waals surface area contributed by atoms with Gasteiger partial charge in [0.2, 0.25) is 0 Å². The van der Waals surface area contributed by atoms with E-state index < -0.39 is 0 Å². The van der Waals surface area contributed by atoms with E-state index in [2.05, 4.69) is 25.7 Å². The summed E-state index contributed by atoms with van der Waals surface area (Å²) in [6.45, 7) is 8.33. The lowest BCUT2D eigenvalue weighted by molar-refractivity contribution is 0.339. The SMILES string of the molecule is C=C(NC1CCCC[C@H]1N)C(C)C. The second-order valence-corrected chi connectivity index (χ2v) is 4.38. The van der Waals surface area contributed by atoms with Gasteiger partial charge >= 0.3 is 0 Å². The summed E-state index contributed by atoms with van der Waals surface area (Å²) in [5.41, 5.74) is 7.15. The molecule has 2 heteroatoms. The fourth-order valence-corrected chi connectivity index (χ4v) is 1.74. The molecule has 0 aromatic carbocycles. The van der Waals surface area contributed by atoms with Crippen molar-refractivity contribution in [3.8, 4) is 0 Å². The molecule has 2 atom stereocenters. The minimum atomic E-state index is 0.323. The third kappa shape index (κ3) is 3.03. The van der Waals surface area contributed by atoms with Crippen molar-refractivity contribution < 1.29 is 0 Å². The average Bonchev–Trinajstić information content (AvgIpc) is 2.08. The molecule has 0 aliphatic heterocycles. The van der Waals surface area contributed by atoms with E-state index in [-0.39, 0.29) is 0 Å². The molecule has 1 saturated carbocycles. The van der Waals surface area contributed by atoms with Gasteiger partial charge in [-0.1, -0.05) is 33.3 Å². The minimum Gasteiger partial charge on any atom is -0.384 e. The first-order chi connectivity index (χ1) is 6.11. The Morgan fingerprint density at radius 1 is 1.38 bits per heavy atom. The molecule has 0 saturated heterocycles. The molecule has 1 aliphatic rings. The standard InChI is InChI=1S/C11H22N2/c1-8(2)9(3)13-11-7-5-4-6-10(11)12/h8,10-11,13H,3-7,12H2,1-2H3/t10-,11?/m1/s1. The van der Waals surface area contributed by atoms with Crippen molar-refractivity contribution >= 4 is 0 Å². The lowest BCUT2D eigenvalue weighted by atomic mass is 9.90. The van der Waals surface area contributed by atoms with Crippen LogP contribution in [0.2, 0.25) is 0 Å². The molecule has 2 nitrogen and oxygen atoms in total. The molecule has 0 aromatic heterocycles. The quantitative estimate of drug-likeness (QED) is 0.700. The largest absolute Gasteiger partial charge is 0.384 e. The van der Waals surface area contributed by atoms with Crippen LogP contribution in [0.3, 0.4) is 0 Å². The van der Waals surface area contributed by atoms with E-state index in [1.165, 1.54) is 19.3 Å². The van der Waals surface area contributed by atoms with E-state index in [9.17, 15) is 0 Å². The Balaban J connectivity index is 2.38. The van der Waals surface area contributed by atoms with Crippen LogP contribution in [-0.4, -0.2) is 12.1 Å². The summed E-state index contributed by atoms with van der Waals surface area (Å²) in [7, 11) is 0. The molecule has 0 aromatic rings. The first kappa shape index (κ1) is 10.6. The molecule has 0 spiro atoms. The third-order valence-electron chi connectivity index (χ3n) is 2.89. The fourth-order valence-electron chi connectivity index (χ4n) is 1.74. The number of rotatable bonds is 3. The normalized spacial score (nSPS) is 28.9. The predicted octanol–water partition coefficient (Wildman–Crippen LogP) is 2.02. The minimum absolute atomic E-state index is 0.323. The highest BCUT2D eigenvalue weighted by Crippen LogP contribution is 2.18. The Morgan fingerprint density at radius 2 is 2.00 bits per heavy atom. The highest BCUT2D eigenvalue weighted by atomic mass is 15.0. The van der Waals surface area contributed by atoms with Crippen molar-refractivity contribution in [2.75, 3.05) is 0 Å². The van der Waals surface area contributed by atoms with Gasteiger partial charge in [-0.05, 0) is 18.8 Å². The highest BCUT2D eigenvalue weighted by molar-refractivity contribution is 4.99. The van der Waals surface area contributed by atoms with Crippen molar-refractivity contribution in [3.63, 3.8) is 0 Å². The summed E-state index contributed by atoms with van der Waals surface area (Å²) in [6.07, 6.45) is 4.94. The van der Waals surface area contributed by atoms with Crippen LogP contribution in [0.5, 0.6) is 0 Å². The van der Waals surface area contributed by atoms with Crippen LogP contribution < -0.4 is 11.1 Å². The predicted molar refractivity (Wildman–Crippen MR) is 57.3 cm³/mol. The summed E-state index contributed by atoms with van der Waals surface area (Å²) < 4.78 is 0. The van der Waals surface area contributed by atoms with E-state index in [0.29, 0.717) is 18.0 Å². The van der Waals surface area contributed by atoms with Gasteiger partial charge in [0.25, 0.3) is 0 Å². The number of hydrogen-bond acceptors (Lipinski definition) is 2. The Morgan fingerprint density at radius 3 is 2.54 bits per heavy atom. The molecule has 1 aliphatic carbocycles. The van der Waals surface area contributed by atoms with Gasteiger partial charge < -0.3 is 11.1 Å². The molecule has 13 heavy (non-hydrogen) atoms. The Kier molecular flexibility index (Phi) is 3.79. The second-order valence-electron chi connectivity index (χ2n) is 4.38. The lowest BCUT2D eigenvalue weighted by Crippen LogP contribution is -2.47. The van der Waals surface area contributed by atoms with Gasteiger partial charge in [0.05, 0.1) is 0 Å². The number of nitrogens with one attached hydrogen (secondary N) is 1. The van der Waals surface area contributed by atoms with Gasteiger partial charge in [0.1, 0.15) is 0 Å². The molecular weight excluding hydrogens is 160 g/mol. The lowest BCUT2D eigenvalue weighted by Gasteiger charge is -2.31.